The molecule has 0 radical (unpaired) electrons. The second-order valence-electron chi connectivity index (χ2n) is 5.98. The molecule has 0 spiro atoms. The van der Waals surface area contributed by atoms with Gasteiger partial charge in [-0.2, -0.15) is 0 Å². The van der Waals surface area contributed by atoms with Gasteiger partial charge in [0.1, 0.15) is 6.17 Å². The normalized spacial score (nSPS) is 25.8. The molecule has 0 amide bonds. The Balaban J connectivity index is 3.36. The molecule has 0 saturated heterocycles. The summed E-state index contributed by atoms with van der Waals surface area (Å²) >= 11 is 1.66. The topological polar surface area (TPSA) is 12.4 Å². The molecule has 1 aliphatic rings. The molecule has 3 unspecified atom stereocenters. The molecule has 1 heterocycles. The first kappa shape index (κ1) is 25.5. The maximum atomic E-state index is 14.6. The largest absolute Gasteiger partial charge is 0.261 e. The highest BCUT2D eigenvalue weighted by molar-refractivity contribution is 8.50. The summed E-state index contributed by atoms with van der Waals surface area (Å²) in [5.41, 5.74) is 2.55. The van der Waals surface area contributed by atoms with E-state index in [4.69, 9.17) is 0 Å². The molecule has 154 valence electrons. The van der Waals surface area contributed by atoms with E-state index in [2.05, 4.69) is 17.4 Å². The number of alkyl halides is 1. The van der Waals surface area contributed by atoms with E-state index in [0.29, 0.717) is 16.5 Å². The molecule has 0 fully saturated rings. The van der Waals surface area contributed by atoms with Crippen molar-refractivity contribution < 1.29 is 4.39 Å². The van der Waals surface area contributed by atoms with Crippen LogP contribution in [0.3, 0.4) is 0 Å². The van der Waals surface area contributed by atoms with E-state index in [0.717, 1.165) is 28.2 Å². The molecule has 0 aromatic rings. The molecule has 1 aliphatic heterocycles. The van der Waals surface area contributed by atoms with Crippen molar-refractivity contribution in [3.8, 4) is 0 Å². The number of halogens is 1. The minimum absolute atomic E-state index is 0.453. The summed E-state index contributed by atoms with van der Waals surface area (Å²) in [5, 5.41) is 3.10. The highest BCUT2D eigenvalue weighted by atomic mass is 32.7. The first-order valence-corrected chi connectivity index (χ1v) is 13.2. The van der Waals surface area contributed by atoms with E-state index < -0.39 is 6.17 Å². The maximum absolute atomic E-state index is 14.6. The van der Waals surface area contributed by atoms with E-state index >= 15 is 0 Å². The predicted octanol–water partition coefficient (Wildman–Crippen LogP) is 8.42. The van der Waals surface area contributed by atoms with Gasteiger partial charge in [-0.05, 0) is 60.5 Å². The molecule has 0 aromatic carbocycles. The lowest BCUT2D eigenvalue weighted by atomic mass is 9.95. The van der Waals surface area contributed by atoms with Crippen LogP contribution in [0.1, 0.15) is 20.8 Å². The van der Waals surface area contributed by atoms with Gasteiger partial charge >= 0.3 is 0 Å². The van der Waals surface area contributed by atoms with Crippen LogP contribution in [0.5, 0.6) is 0 Å². The summed E-state index contributed by atoms with van der Waals surface area (Å²) in [7, 11) is 0.977. The lowest BCUT2D eigenvalue weighted by Crippen LogP contribution is -2.05. The summed E-state index contributed by atoms with van der Waals surface area (Å²) in [6.07, 6.45) is 25.3. The zero-order valence-electron chi connectivity index (χ0n) is 17.3. The van der Waals surface area contributed by atoms with Crippen LogP contribution in [0.2, 0.25) is 0 Å². The molecular formula is C24H30FNP2S. The summed E-state index contributed by atoms with van der Waals surface area (Å²) in [6.45, 7) is 9.55. The molecule has 1 rings (SSSR count). The van der Waals surface area contributed by atoms with Gasteiger partial charge in [0, 0.05) is 6.21 Å². The third kappa shape index (κ3) is 10.7. The fourth-order valence-corrected chi connectivity index (χ4v) is 4.89. The smallest absolute Gasteiger partial charge is 0.123 e. The van der Waals surface area contributed by atoms with Crippen molar-refractivity contribution in [1.29, 1.82) is 0 Å². The molecule has 0 saturated carbocycles. The molecule has 0 aliphatic carbocycles. The first-order chi connectivity index (χ1) is 14.1. The van der Waals surface area contributed by atoms with E-state index in [-0.39, 0.29) is 0 Å². The average Bonchev–Trinajstić information content (AvgIpc) is 2.69. The number of nitrogens with zero attached hydrogens (tertiary/aromatic N) is 1. The van der Waals surface area contributed by atoms with E-state index in [1.807, 2.05) is 86.2 Å². The molecule has 1 nitrogen and oxygen atoms in total. The zero-order valence-corrected chi connectivity index (χ0v) is 20.1. The Morgan fingerprint density at radius 1 is 1.17 bits per heavy atom. The number of hydrogen-bond acceptors (Lipinski definition) is 2. The standard InChI is InChI=1S/C24H30FNP2S/c1-5-15-22-16-11-7-10-14-19-29-28-26-17-12-8-9-13-18-27-21(4)24(20(3)25)23(22)6-2/h5-17,19-20,27-28H,2,18H2,1,3-4H3/b10-7-,12-8-,13-9+,15-5-,16-11-,19-14+,23-22?,24-21?,26-17?. The van der Waals surface area contributed by atoms with Crippen molar-refractivity contribution in [2.75, 3.05) is 6.16 Å². The van der Waals surface area contributed by atoms with Crippen LogP contribution in [0, 0.1) is 0 Å². The Kier molecular flexibility index (Phi) is 14.3. The van der Waals surface area contributed by atoms with Crippen LogP contribution in [-0.2, 0) is 0 Å². The third-order valence-electron chi connectivity index (χ3n) is 3.82. The van der Waals surface area contributed by atoms with Crippen molar-refractivity contribution in [3.05, 3.63) is 107 Å². The van der Waals surface area contributed by atoms with Crippen LogP contribution >= 0.6 is 27.9 Å². The van der Waals surface area contributed by atoms with Crippen molar-refractivity contribution in [1.82, 2.24) is 0 Å². The van der Waals surface area contributed by atoms with Crippen LogP contribution < -0.4 is 0 Å². The Hall–Kier alpha value is -1.53. The maximum Gasteiger partial charge on any atom is 0.123 e. The Morgan fingerprint density at radius 3 is 2.66 bits per heavy atom. The molecule has 29 heavy (non-hydrogen) atoms. The first-order valence-electron chi connectivity index (χ1n) is 9.45. The summed E-state index contributed by atoms with van der Waals surface area (Å²) in [5.74, 6) is 0. The van der Waals surface area contributed by atoms with Crippen LogP contribution in [0.15, 0.2) is 112 Å². The van der Waals surface area contributed by atoms with Gasteiger partial charge in [0.15, 0.2) is 0 Å². The van der Waals surface area contributed by atoms with E-state index in [1.165, 1.54) is 0 Å². The molecule has 0 aromatic heterocycles. The molecule has 3 atom stereocenters. The van der Waals surface area contributed by atoms with Gasteiger partial charge < -0.3 is 0 Å². The van der Waals surface area contributed by atoms with Crippen molar-refractivity contribution in [2.24, 2.45) is 4.76 Å². The van der Waals surface area contributed by atoms with E-state index in [1.54, 1.807) is 24.4 Å². The minimum Gasteiger partial charge on any atom is -0.261 e. The van der Waals surface area contributed by atoms with E-state index in [9.17, 15) is 4.39 Å². The monoisotopic (exact) mass is 445 g/mol. The molecule has 5 heteroatoms. The Labute approximate surface area is 183 Å². The van der Waals surface area contributed by atoms with Crippen molar-refractivity contribution in [2.45, 2.75) is 26.9 Å². The quantitative estimate of drug-likeness (QED) is 0.397. The summed E-state index contributed by atoms with van der Waals surface area (Å²) in [4.78, 5) is 0. The van der Waals surface area contributed by atoms with Crippen LogP contribution in [-0.4, -0.2) is 18.5 Å². The van der Waals surface area contributed by atoms with Gasteiger partial charge in [0.05, 0.1) is 7.93 Å². The second kappa shape index (κ2) is 16.3. The minimum atomic E-state index is -1.06. The van der Waals surface area contributed by atoms with Gasteiger partial charge in [0.25, 0.3) is 0 Å². The number of allylic oxidation sites excluding steroid dienone is 16. The SMILES string of the molecule is C=CC1=C(/C=C\C)\C=C/C=C\C=C\SPN=C/C=C\C=C\CPC(C)=C1C(C)F. The number of hydrogen-bond donors (Lipinski definition) is 0. The Bertz CT molecular complexity index is 794. The van der Waals surface area contributed by atoms with Crippen LogP contribution in [0.4, 0.5) is 4.39 Å². The Morgan fingerprint density at radius 2 is 1.93 bits per heavy atom. The highest BCUT2D eigenvalue weighted by Crippen LogP contribution is 2.35. The van der Waals surface area contributed by atoms with Crippen molar-refractivity contribution >= 4 is 34.1 Å². The van der Waals surface area contributed by atoms with Gasteiger partial charge in [-0.1, -0.05) is 93.4 Å². The zero-order chi connectivity index (χ0) is 21.3. The predicted molar refractivity (Wildman–Crippen MR) is 139 cm³/mol. The molecular weight excluding hydrogens is 415 g/mol. The molecule has 0 N–H and O–H groups in total. The average molecular weight is 446 g/mol. The van der Waals surface area contributed by atoms with Crippen LogP contribution in [0.25, 0.3) is 0 Å². The van der Waals surface area contributed by atoms with Gasteiger partial charge in [0.2, 0.25) is 0 Å². The summed E-state index contributed by atoms with van der Waals surface area (Å²) < 4.78 is 18.9. The number of rotatable bonds is 3. The highest BCUT2D eigenvalue weighted by Gasteiger charge is 2.16. The molecule has 0 bridgehead atoms. The third-order valence-corrected chi connectivity index (χ3v) is 6.75. The van der Waals surface area contributed by atoms with Gasteiger partial charge in [-0.25, -0.2) is 4.39 Å². The fourth-order valence-electron chi connectivity index (χ4n) is 2.59. The van der Waals surface area contributed by atoms with Gasteiger partial charge in [-0.15, -0.1) is 0 Å². The lowest BCUT2D eigenvalue weighted by Gasteiger charge is -2.17. The van der Waals surface area contributed by atoms with Gasteiger partial charge in [-0.3, -0.25) is 4.76 Å². The summed E-state index contributed by atoms with van der Waals surface area (Å²) in [6, 6.07) is 0. The lowest BCUT2D eigenvalue weighted by molar-refractivity contribution is 0.414. The second-order valence-corrected chi connectivity index (χ2v) is 9.70. The van der Waals surface area contributed by atoms with Crippen molar-refractivity contribution in [3.63, 3.8) is 0 Å². The fraction of sp³-hybridized carbons (Fsp3) is 0.208.